The van der Waals surface area contributed by atoms with Crippen molar-refractivity contribution in [2.75, 3.05) is 27.4 Å². The first-order chi connectivity index (χ1) is 16.8. The molecule has 0 amide bonds. The highest BCUT2D eigenvalue weighted by molar-refractivity contribution is 5.93. The Hall–Kier alpha value is -3.16. The molecule has 2 aliphatic heterocycles. The van der Waals surface area contributed by atoms with E-state index in [1.165, 1.54) is 14.2 Å². The van der Waals surface area contributed by atoms with Crippen LogP contribution in [0.4, 0.5) is 0 Å². The molecule has 4 rings (SSSR count). The van der Waals surface area contributed by atoms with E-state index in [-0.39, 0.29) is 17.4 Å². The molecule has 4 atom stereocenters. The van der Waals surface area contributed by atoms with Gasteiger partial charge in [0.1, 0.15) is 11.7 Å². The lowest BCUT2D eigenvalue weighted by Gasteiger charge is -2.46. The molecule has 0 spiro atoms. The number of nitrogens with zero attached hydrogens (tertiary/aromatic N) is 1. The van der Waals surface area contributed by atoms with E-state index >= 15 is 0 Å². The molecule has 0 aromatic heterocycles. The van der Waals surface area contributed by atoms with Gasteiger partial charge in [-0.1, -0.05) is 59.7 Å². The Bertz CT molecular complexity index is 1090. The molecule has 0 unspecified atom stereocenters. The van der Waals surface area contributed by atoms with Gasteiger partial charge in [-0.2, -0.15) is 0 Å². The van der Waals surface area contributed by atoms with E-state index < -0.39 is 29.9 Å². The summed E-state index contributed by atoms with van der Waals surface area (Å²) in [5, 5.41) is 11.5. The van der Waals surface area contributed by atoms with Crippen molar-refractivity contribution in [3.8, 4) is 0 Å². The van der Waals surface area contributed by atoms with Crippen LogP contribution in [0.5, 0.6) is 0 Å². The van der Waals surface area contributed by atoms with E-state index in [0.29, 0.717) is 13.2 Å². The van der Waals surface area contributed by atoms with Crippen LogP contribution < -0.4 is 0 Å². The predicted octanol–water partition coefficient (Wildman–Crippen LogP) is 4.35. The third kappa shape index (κ3) is 4.97. The van der Waals surface area contributed by atoms with Crippen LogP contribution in [-0.4, -0.2) is 55.4 Å². The van der Waals surface area contributed by atoms with Crippen molar-refractivity contribution in [3.63, 3.8) is 0 Å². The maximum Gasteiger partial charge on any atom is 0.339 e. The molecule has 2 aliphatic rings. The van der Waals surface area contributed by atoms with E-state index in [4.69, 9.17) is 14.2 Å². The van der Waals surface area contributed by atoms with E-state index in [1.54, 1.807) is 0 Å². The summed E-state index contributed by atoms with van der Waals surface area (Å²) in [6.45, 7) is 5.13. The average molecular weight is 480 g/mol. The third-order valence-corrected chi connectivity index (χ3v) is 6.96. The second-order valence-corrected chi connectivity index (χ2v) is 9.29. The zero-order chi connectivity index (χ0) is 25.1. The van der Waals surface area contributed by atoms with Crippen molar-refractivity contribution in [1.82, 2.24) is 4.90 Å². The predicted molar refractivity (Wildman–Crippen MR) is 131 cm³/mol. The van der Waals surface area contributed by atoms with Crippen molar-refractivity contribution in [3.05, 3.63) is 82.1 Å². The fourth-order valence-corrected chi connectivity index (χ4v) is 5.17. The molecule has 0 aliphatic carbocycles. The second-order valence-electron chi connectivity index (χ2n) is 9.29. The minimum atomic E-state index is -1.10. The highest BCUT2D eigenvalue weighted by Crippen LogP contribution is 2.48. The van der Waals surface area contributed by atoms with Gasteiger partial charge < -0.3 is 19.3 Å². The number of hydrogen-bond donors (Lipinski definition) is 1. The standard InChI is InChI=1S/C28H33NO6/c1-17-7-11-19(12-8-17)24-22(27(31)33-3)26(30)23(28(32)34-4)25(20-13-9-18(2)10-14-20)29(24)16-21-6-5-15-35-21/h7-14,21-22,24-25,30H,5-6,15-16H2,1-4H3/t21-,22+,24+,25-/m0/s1. The van der Waals surface area contributed by atoms with Gasteiger partial charge in [-0.15, -0.1) is 0 Å². The van der Waals surface area contributed by atoms with Crippen LogP contribution in [0.3, 0.4) is 0 Å². The van der Waals surface area contributed by atoms with E-state index in [2.05, 4.69) is 4.90 Å². The van der Waals surface area contributed by atoms with Crippen LogP contribution in [0.25, 0.3) is 0 Å². The molecule has 0 saturated carbocycles. The number of carbonyl (C=O) groups excluding carboxylic acids is 2. The monoisotopic (exact) mass is 479 g/mol. The molecular weight excluding hydrogens is 446 g/mol. The summed E-state index contributed by atoms with van der Waals surface area (Å²) >= 11 is 0. The van der Waals surface area contributed by atoms with E-state index in [1.807, 2.05) is 62.4 Å². The van der Waals surface area contributed by atoms with Crippen molar-refractivity contribution in [2.45, 2.75) is 44.9 Å². The minimum Gasteiger partial charge on any atom is -0.511 e. The number of carbonyl (C=O) groups is 2. The van der Waals surface area contributed by atoms with Gasteiger partial charge in [0.05, 0.1) is 38.0 Å². The molecular formula is C28H33NO6. The number of aliphatic hydroxyl groups excluding tert-OH is 1. The SMILES string of the molecule is COC(=O)C1=C(O)[C@H](C(=O)OC)[C@@H](c2ccc(C)cc2)N(C[C@@H]2CCCO2)[C@H]1c1ccc(C)cc1. The zero-order valence-corrected chi connectivity index (χ0v) is 20.7. The Balaban J connectivity index is 1.97. The largest absolute Gasteiger partial charge is 0.511 e. The number of benzene rings is 2. The van der Waals surface area contributed by atoms with Gasteiger partial charge in [0.25, 0.3) is 0 Å². The smallest absolute Gasteiger partial charge is 0.339 e. The van der Waals surface area contributed by atoms with Crippen LogP contribution in [0.15, 0.2) is 59.9 Å². The highest BCUT2D eigenvalue weighted by atomic mass is 16.5. The summed E-state index contributed by atoms with van der Waals surface area (Å²) < 4.78 is 16.2. The average Bonchev–Trinajstić information content (AvgIpc) is 3.38. The minimum absolute atomic E-state index is 0.0492. The second kappa shape index (κ2) is 10.6. The molecule has 2 aromatic rings. The van der Waals surface area contributed by atoms with Gasteiger partial charge in [-0.25, -0.2) is 4.79 Å². The first kappa shape index (κ1) is 24.9. The summed E-state index contributed by atoms with van der Waals surface area (Å²) in [6, 6.07) is 14.5. The fraction of sp³-hybridized carbons (Fsp3) is 0.429. The Labute approximate surface area is 206 Å². The Morgan fingerprint density at radius 3 is 2.09 bits per heavy atom. The lowest BCUT2D eigenvalue weighted by Crippen LogP contribution is -2.49. The number of rotatable bonds is 6. The summed E-state index contributed by atoms with van der Waals surface area (Å²) in [5.74, 6) is -2.71. The molecule has 186 valence electrons. The van der Waals surface area contributed by atoms with Gasteiger partial charge >= 0.3 is 11.9 Å². The van der Waals surface area contributed by atoms with Gasteiger partial charge in [0.2, 0.25) is 0 Å². The van der Waals surface area contributed by atoms with Crippen molar-refractivity contribution in [2.24, 2.45) is 5.92 Å². The number of aryl methyl sites for hydroxylation is 2. The Morgan fingerprint density at radius 1 is 0.971 bits per heavy atom. The molecule has 1 N–H and O–H groups in total. The summed E-state index contributed by atoms with van der Waals surface area (Å²) in [6.07, 6.45) is 1.77. The van der Waals surface area contributed by atoms with Crippen LogP contribution in [0, 0.1) is 19.8 Å². The zero-order valence-electron chi connectivity index (χ0n) is 20.7. The molecule has 2 heterocycles. The highest BCUT2D eigenvalue weighted by Gasteiger charge is 2.50. The van der Waals surface area contributed by atoms with Crippen molar-refractivity contribution in [1.29, 1.82) is 0 Å². The van der Waals surface area contributed by atoms with Crippen LogP contribution >= 0.6 is 0 Å². The summed E-state index contributed by atoms with van der Waals surface area (Å²) in [7, 11) is 2.56. The first-order valence-electron chi connectivity index (χ1n) is 11.9. The lowest BCUT2D eigenvalue weighted by molar-refractivity contribution is -0.150. The Morgan fingerprint density at radius 2 is 1.57 bits per heavy atom. The number of ether oxygens (including phenoxy) is 3. The fourth-order valence-electron chi connectivity index (χ4n) is 5.17. The third-order valence-electron chi connectivity index (χ3n) is 6.96. The molecule has 7 nitrogen and oxygen atoms in total. The van der Waals surface area contributed by atoms with Crippen LogP contribution in [-0.2, 0) is 23.8 Å². The molecule has 1 saturated heterocycles. The van der Waals surface area contributed by atoms with Crippen LogP contribution in [0.1, 0.15) is 47.2 Å². The molecule has 7 heteroatoms. The normalized spacial score (nSPS) is 24.9. The Kier molecular flexibility index (Phi) is 7.57. The maximum atomic E-state index is 13.1. The van der Waals surface area contributed by atoms with Crippen molar-refractivity contribution < 1.29 is 28.9 Å². The quantitative estimate of drug-likeness (QED) is 0.617. The molecule has 0 radical (unpaired) electrons. The molecule has 0 bridgehead atoms. The summed E-state index contributed by atoms with van der Waals surface area (Å²) in [4.78, 5) is 28.3. The number of hydrogen-bond acceptors (Lipinski definition) is 7. The first-order valence-corrected chi connectivity index (χ1v) is 11.9. The number of methoxy groups -OCH3 is 2. The lowest BCUT2D eigenvalue weighted by atomic mass is 9.78. The van der Waals surface area contributed by atoms with E-state index in [0.717, 1.165) is 35.1 Å². The van der Waals surface area contributed by atoms with E-state index in [9.17, 15) is 14.7 Å². The van der Waals surface area contributed by atoms with Gasteiger partial charge in [-0.3, -0.25) is 9.69 Å². The van der Waals surface area contributed by atoms with Gasteiger partial charge in [-0.05, 0) is 37.8 Å². The van der Waals surface area contributed by atoms with Gasteiger partial charge in [0.15, 0.2) is 0 Å². The van der Waals surface area contributed by atoms with Crippen molar-refractivity contribution >= 4 is 11.9 Å². The van der Waals surface area contributed by atoms with Crippen LogP contribution in [0.2, 0.25) is 0 Å². The molecule has 2 aromatic carbocycles. The topological polar surface area (TPSA) is 85.3 Å². The molecule has 1 fully saturated rings. The number of aliphatic hydroxyl groups is 1. The maximum absolute atomic E-state index is 13.1. The molecule has 35 heavy (non-hydrogen) atoms. The summed E-state index contributed by atoms with van der Waals surface area (Å²) in [5.41, 5.74) is 3.87. The number of esters is 2. The van der Waals surface area contributed by atoms with Gasteiger partial charge in [0, 0.05) is 13.2 Å².